The molecular formula is C18H35N5O6. The lowest BCUT2D eigenvalue weighted by Crippen LogP contribution is -2.54. The normalized spacial score (nSPS) is 15.1. The predicted octanol–water partition coefficient (Wildman–Crippen LogP) is -1.96. The molecule has 9 N–H and O–H groups in total. The number of carbonyl (C=O) groups excluding carboxylic acids is 3. The van der Waals surface area contributed by atoms with E-state index in [0.717, 1.165) is 0 Å². The number of aliphatic hydroxyl groups excluding tert-OH is 1. The van der Waals surface area contributed by atoms with Crippen LogP contribution in [-0.4, -0.2) is 71.2 Å². The Hall–Kier alpha value is -2.24. The number of nitrogens with one attached hydrogen (secondary N) is 3. The van der Waals surface area contributed by atoms with E-state index >= 15 is 0 Å². The van der Waals surface area contributed by atoms with E-state index in [4.69, 9.17) is 11.5 Å². The molecular weight excluding hydrogens is 382 g/mol. The van der Waals surface area contributed by atoms with Gasteiger partial charge in [-0.1, -0.05) is 13.8 Å². The first-order chi connectivity index (χ1) is 13.5. The second-order valence-corrected chi connectivity index (χ2v) is 7.42. The van der Waals surface area contributed by atoms with Crippen LogP contribution in [0.2, 0.25) is 0 Å². The number of aliphatic carboxylic acids is 1. The first kappa shape index (κ1) is 26.8. The van der Waals surface area contributed by atoms with Crippen LogP contribution >= 0.6 is 0 Å². The van der Waals surface area contributed by atoms with Crippen LogP contribution in [0, 0.1) is 5.92 Å². The number of carbonyl (C=O) groups is 4. The molecule has 4 unspecified atom stereocenters. The number of aliphatic hydroxyl groups is 1. The van der Waals surface area contributed by atoms with Crippen LogP contribution in [-0.2, 0) is 19.2 Å². The standard InChI is InChI=1S/C18H35N5O6/c1-10(2)8-13(16(26)23-12(18(28)29)6-4-5-7-19)22-14(25)9-21-17(27)15(20)11(3)24/h10-13,15,24H,4-9,19-20H2,1-3H3,(H,21,27)(H,22,25)(H,23,26)(H,28,29). The van der Waals surface area contributed by atoms with E-state index in [9.17, 15) is 29.4 Å². The lowest BCUT2D eigenvalue weighted by Gasteiger charge is -2.23. The van der Waals surface area contributed by atoms with Crippen LogP contribution in [0.25, 0.3) is 0 Å². The molecule has 168 valence electrons. The van der Waals surface area contributed by atoms with E-state index in [0.29, 0.717) is 19.4 Å². The highest BCUT2D eigenvalue weighted by Gasteiger charge is 2.27. The van der Waals surface area contributed by atoms with Crippen molar-refractivity contribution >= 4 is 23.7 Å². The fourth-order valence-corrected chi connectivity index (χ4v) is 2.48. The number of hydrogen-bond donors (Lipinski definition) is 7. The summed E-state index contributed by atoms with van der Waals surface area (Å²) in [4.78, 5) is 47.8. The predicted molar refractivity (Wildman–Crippen MR) is 107 cm³/mol. The average molecular weight is 418 g/mol. The first-order valence-electron chi connectivity index (χ1n) is 9.73. The number of carboxylic acids is 1. The molecule has 0 bridgehead atoms. The average Bonchev–Trinajstić information content (AvgIpc) is 2.63. The van der Waals surface area contributed by atoms with Crippen molar-refractivity contribution in [2.45, 2.75) is 70.7 Å². The zero-order valence-corrected chi connectivity index (χ0v) is 17.3. The third kappa shape index (κ3) is 11.4. The Labute approximate surface area is 171 Å². The molecule has 0 aliphatic rings. The van der Waals surface area contributed by atoms with Gasteiger partial charge in [0.05, 0.1) is 12.6 Å². The summed E-state index contributed by atoms with van der Waals surface area (Å²) in [6, 6.07) is -3.21. The van der Waals surface area contributed by atoms with Crippen LogP contribution in [0.4, 0.5) is 0 Å². The molecule has 0 rings (SSSR count). The molecule has 29 heavy (non-hydrogen) atoms. The summed E-state index contributed by atoms with van der Waals surface area (Å²) >= 11 is 0. The highest BCUT2D eigenvalue weighted by molar-refractivity contribution is 5.92. The van der Waals surface area contributed by atoms with Crippen molar-refractivity contribution in [3.63, 3.8) is 0 Å². The van der Waals surface area contributed by atoms with E-state index in [2.05, 4.69) is 16.0 Å². The van der Waals surface area contributed by atoms with E-state index in [1.54, 1.807) is 0 Å². The molecule has 3 amide bonds. The highest BCUT2D eigenvalue weighted by Crippen LogP contribution is 2.07. The number of carboxylic acid groups (broad SMARTS) is 1. The molecule has 0 aromatic carbocycles. The SMILES string of the molecule is CC(C)CC(NC(=O)CNC(=O)C(N)C(C)O)C(=O)NC(CCCCN)C(=O)O. The molecule has 0 heterocycles. The van der Waals surface area contributed by atoms with Gasteiger partial charge in [-0.2, -0.15) is 0 Å². The maximum atomic E-state index is 12.5. The van der Waals surface area contributed by atoms with Gasteiger partial charge in [0.25, 0.3) is 0 Å². The third-order valence-electron chi connectivity index (χ3n) is 4.17. The lowest BCUT2D eigenvalue weighted by atomic mass is 10.0. The zero-order chi connectivity index (χ0) is 22.6. The maximum Gasteiger partial charge on any atom is 0.326 e. The van der Waals surface area contributed by atoms with E-state index in [1.165, 1.54) is 6.92 Å². The minimum atomic E-state index is -1.18. The van der Waals surface area contributed by atoms with Crippen LogP contribution < -0.4 is 27.4 Å². The summed E-state index contributed by atoms with van der Waals surface area (Å²) in [5, 5.41) is 25.8. The third-order valence-corrected chi connectivity index (χ3v) is 4.17. The summed E-state index contributed by atoms with van der Waals surface area (Å²) in [6.45, 7) is 5.05. The summed E-state index contributed by atoms with van der Waals surface area (Å²) in [6.07, 6.45) is 0.622. The molecule has 4 atom stereocenters. The molecule has 0 radical (unpaired) electrons. The van der Waals surface area contributed by atoms with Crippen LogP contribution in [0.1, 0.15) is 46.5 Å². The first-order valence-corrected chi connectivity index (χ1v) is 9.73. The van der Waals surface area contributed by atoms with Gasteiger partial charge in [-0.25, -0.2) is 4.79 Å². The van der Waals surface area contributed by atoms with E-state index in [-0.39, 0.29) is 18.8 Å². The quantitative estimate of drug-likeness (QED) is 0.158. The van der Waals surface area contributed by atoms with Crippen LogP contribution in [0.15, 0.2) is 0 Å². The lowest BCUT2D eigenvalue weighted by molar-refractivity contribution is -0.142. The molecule has 0 aromatic heterocycles. The molecule has 0 saturated heterocycles. The molecule has 0 saturated carbocycles. The molecule has 11 heteroatoms. The van der Waals surface area contributed by atoms with Gasteiger partial charge in [0.15, 0.2) is 0 Å². The molecule has 0 aliphatic heterocycles. The molecule has 0 aliphatic carbocycles. The minimum absolute atomic E-state index is 0.0461. The smallest absolute Gasteiger partial charge is 0.326 e. The van der Waals surface area contributed by atoms with Gasteiger partial charge in [-0.15, -0.1) is 0 Å². The van der Waals surface area contributed by atoms with Crippen molar-refractivity contribution < 1.29 is 29.4 Å². The second-order valence-electron chi connectivity index (χ2n) is 7.42. The van der Waals surface area contributed by atoms with Gasteiger partial charge in [0, 0.05) is 0 Å². The molecule has 0 aromatic rings. The second kappa shape index (κ2) is 13.9. The van der Waals surface area contributed by atoms with Crippen LogP contribution in [0.3, 0.4) is 0 Å². The molecule has 0 spiro atoms. The zero-order valence-electron chi connectivity index (χ0n) is 17.3. The van der Waals surface area contributed by atoms with E-state index in [1.807, 2.05) is 13.8 Å². The number of nitrogens with two attached hydrogens (primary N) is 2. The number of amides is 3. The Kier molecular flexibility index (Phi) is 12.8. The minimum Gasteiger partial charge on any atom is -0.480 e. The summed E-state index contributed by atoms with van der Waals surface area (Å²) in [5.74, 6) is -3.06. The van der Waals surface area contributed by atoms with Crippen molar-refractivity contribution in [2.24, 2.45) is 17.4 Å². The number of unbranched alkanes of at least 4 members (excludes halogenated alkanes) is 1. The number of hydrogen-bond acceptors (Lipinski definition) is 7. The van der Waals surface area contributed by atoms with Gasteiger partial charge in [0.1, 0.15) is 18.1 Å². The maximum absolute atomic E-state index is 12.5. The van der Waals surface area contributed by atoms with Gasteiger partial charge in [-0.05, 0) is 45.1 Å². The highest BCUT2D eigenvalue weighted by atomic mass is 16.4. The van der Waals surface area contributed by atoms with Crippen molar-refractivity contribution in [1.82, 2.24) is 16.0 Å². The molecule has 0 fully saturated rings. The van der Waals surface area contributed by atoms with Crippen LogP contribution in [0.5, 0.6) is 0 Å². The van der Waals surface area contributed by atoms with Gasteiger partial charge >= 0.3 is 5.97 Å². The monoisotopic (exact) mass is 417 g/mol. The van der Waals surface area contributed by atoms with E-state index < -0.39 is 54.5 Å². The Morgan fingerprint density at radius 2 is 1.59 bits per heavy atom. The Morgan fingerprint density at radius 3 is 2.07 bits per heavy atom. The van der Waals surface area contributed by atoms with Crippen molar-refractivity contribution in [1.29, 1.82) is 0 Å². The molecule has 11 nitrogen and oxygen atoms in total. The van der Waals surface area contributed by atoms with Gasteiger partial charge in [0.2, 0.25) is 17.7 Å². The fourth-order valence-electron chi connectivity index (χ4n) is 2.48. The number of rotatable bonds is 14. The largest absolute Gasteiger partial charge is 0.480 e. The van der Waals surface area contributed by atoms with Crippen molar-refractivity contribution in [3.8, 4) is 0 Å². The Morgan fingerprint density at radius 1 is 0.966 bits per heavy atom. The summed E-state index contributed by atoms with van der Waals surface area (Å²) < 4.78 is 0. The van der Waals surface area contributed by atoms with Crippen molar-refractivity contribution in [2.75, 3.05) is 13.1 Å². The van der Waals surface area contributed by atoms with Crippen molar-refractivity contribution in [3.05, 3.63) is 0 Å². The Balaban J connectivity index is 4.88. The topological polar surface area (TPSA) is 197 Å². The van der Waals surface area contributed by atoms with Gasteiger partial charge < -0.3 is 37.6 Å². The van der Waals surface area contributed by atoms with Gasteiger partial charge in [-0.3, -0.25) is 14.4 Å². The fraction of sp³-hybridized carbons (Fsp3) is 0.778. The Bertz CT molecular complexity index is 555. The summed E-state index contributed by atoms with van der Waals surface area (Å²) in [7, 11) is 0. The summed E-state index contributed by atoms with van der Waals surface area (Å²) in [5.41, 5.74) is 10.9.